The SMILES string of the molecule is CCC(c1nnnn1CC1CCCO1)N1CCN(CC)CC1. The molecule has 0 bridgehead atoms. The summed E-state index contributed by atoms with van der Waals surface area (Å²) in [6.45, 7) is 11.7. The van der Waals surface area contributed by atoms with Gasteiger partial charge >= 0.3 is 0 Å². The van der Waals surface area contributed by atoms with Crippen LogP contribution in [0.1, 0.15) is 45.0 Å². The van der Waals surface area contributed by atoms with Gasteiger partial charge in [0.1, 0.15) is 0 Å². The first-order valence-corrected chi connectivity index (χ1v) is 8.65. The zero-order valence-electron chi connectivity index (χ0n) is 13.8. The Morgan fingerprint density at radius 2 is 2.05 bits per heavy atom. The highest BCUT2D eigenvalue weighted by Crippen LogP contribution is 2.24. The number of hydrogen-bond acceptors (Lipinski definition) is 6. The summed E-state index contributed by atoms with van der Waals surface area (Å²) >= 11 is 0. The molecular formula is C15H28N6O. The second-order valence-corrected chi connectivity index (χ2v) is 6.25. The summed E-state index contributed by atoms with van der Waals surface area (Å²) in [4.78, 5) is 5.03. The van der Waals surface area contributed by atoms with Gasteiger partial charge in [-0.05, 0) is 36.2 Å². The molecule has 3 heterocycles. The molecule has 2 aliphatic heterocycles. The first-order valence-electron chi connectivity index (χ1n) is 8.65. The van der Waals surface area contributed by atoms with E-state index >= 15 is 0 Å². The van der Waals surface area contributed by atoms with Gasteiger partial charge in [-0.3, -0.25) is 4.90 Å². The smallest absolute Gasteiger partial charge is 0.168 e. The second kappa shape index (κ2) is 7.48. The van der Waals surface area contributed by atoms with Gasteiger partial charge in [-0.25, -0.2) is 4.68 Å². The van der Waals surface area contributed by atoms with E-state index < -0.39 is 0 Å². The standard InChI is InChI=1S/C15H28N6O/c1-3-14(20-9-7-19(4-2)8-10-20)15-16-17-18-21(15)12-13-6-5-11-22-13/h13-14H,3-12H2,1-2H3. The lowest BCUT2D eigenvalue weighted by molar-refractivity contribution is 0.0789. The molecule has 0 aromatic carbocycles. The predicted molar refractivity (Wildman–Crippen MR) is 83.5 cm³/mol. The van der Waals surface area contributed by atoms with Crippen LogP contribution >= 0.6 is 0 Å². The Bertz CT molecular complexity index is 451. The molecule has 0 saturated carbocycles. The fraction of sp³-hybridized carbons (Fsp3) is 0.933. The van der Waals surface area contributed by atoms with Gasteiger partial charge in [-0.2, -0.15) is 0 Å². The van der Waals surface area contributed by atoms with Crippen molar-refractivity contribution in [3.63, 3.8) is 0 Å². The molecule has 2 fully saturated rings. The summed E-state index contributed by atoms with van der Waals surface area (Å²) in [5, 5.41) is 12.5. The fourth-order valence-electron chi connectivity index (χ4n) is 3.56. The van der Waals surface area contributed by atoms with Gasteiger partial charge in [0.15, 0.2) is 5.82 Å². The van der Waals surface area contributed by atoms with Crippen LogP contribution in [-0.2, 0) is 11.3 Å². The van der Waals surface area contributed by atoms with Crippen LogP contribution in [0.3, 0.4) is 0 Å². The van der Waals surface area contributed by atoms with E-state index in [-0.39, 0.29) is 6.10 Å². The van der Waals surface area contributed by atoms with Crippen molar-refractivity contribution in [2.24, 2.45) is 0 Å². The van der Waals surface area contributed by atoms with Crippen molar-refractivity contribution in [1.29, 1.82) is 0 Å². The zero-order chi connectivity index (χ0) is 15.4. The van der Waals surface area contributed by atoms with Crippen molar-refractivity contribution in [1.82, 2.24) is 30.0 Å². The Labute approximate surface area is 132 Å². The maximum absolute atomic E-state index is 5.73. The monoisotopic (exact) mass is 308 g/mol. The van der Waals surface area contributed by atoms with Crippen molar-refractivity contribution in [2.45, 2.75) is 51.8 Å². The van der Waals surface area contributed by atoms with Gasteiger partial charge in [-0.1, -0.05) is 13.8 Å². The molecule has 2 saturated heterocycles. The molecule has 2 atom stereocenters. The lowest BCUT2D eigenvalue weighted by Crippen LogP contribution is -2.47. The second-order valence-electron chi connectivity index (χ2n) is 6.25. The molecule has 2 aliphatic rings. The van der Waals surface area contributed by atoms with Crippen LogP contribution in [0.2, 0.25) is 0 Å². The third-order valence-corrected chi connectivity index (χ3v) is 4.94. The summed E-state index contributed by atoms with van der Waals surface area (Å²) in [6, 6.07) is 0.315. The van der Waals surface area contributed by atoms with Crippen LogP contribution in [0, 0.1) is 0 Å². The molecule has 124 valence electrons. The van der Waals surface area contributed by atoms with E-state index in [1.165, 1.54) is 0 Å². The normalized spacial score (nSPS) is 25.6. The number of rotatable bonds is 6. The maximum Gasteiger partial charge on any atom is 0.168 e. The van der Waals surface area contributed by atoms with E-state index in [0.29, 0.717) is 6.04 Å². The summed E-state index contributed by atoms with van der Waals surface area (Å²) in [5.74, 6) is 1.00. The minimum absolute atomic E-state index is 0.275. The Kier molecular flexibility index (Phi) is 5.38. The Morgan fingerprint density at radius 3 is 2.68 bits per heavy atom. The zero-order valence-corrected chi connectivity index (χ0v) is 13.8. The topological polar surface area (TPSA) is 59.3 Å². The molecule has 22 heavy (non-hydrogen) atoms. The largest absolute Gasteiger partial charge is 0.376 e. The molecule has 2 unspecified atom stereocenters. The van der Waals surface area contributed by atoms with Gasteiger partial charge in [-0.15, -0.1) is 5.10 Å². The summed E-state index contributed by atoms with van der Waals surface area (Å²) in [7, 11) is 0. The first-order chi connectivity index (χ1) is 10.8. The highest BCUT2D eigenvalue weighted by Gasteiger charge is 2.28. The van der Waals surface area contributed by atoms with Crippen molar-refractivity contribution < 1.29 is 4.74 Å². The van der Waals surface area contributed by atoms with Gasteiger partial charge in [0.05, 0.1) is 18.7 Å². The number of ether oxygens (including phenoxy) is 1. The number of likely N-dealkylation sites (N-methyl/N-ethyl adjacent to an activating group) is 1. The molecule has 7 heteroatoms. The van der Waals surface area contributed by atoms with Crippen molar-refractivity contribution >= 4 is 0 Å². The molecule has 0 radical (unpaired) electrons. The summed E-state index contributed by atoms with van der Waals surface area (Å²) in [6.07, 6.45) is 3.58. The van der Waals surface area contributed by atoms with E-state index in [4.69, 9.17) is 4.74 Å². The molecular weight excluding hydrogens is 280 g/mol. The number of tetrazole rings is 1. The van der Waals surface area contributed by atoms with Crippen LogP contribution in [-0.4, -0.2) is 75.4 Å². The molecule has 1 aromatic heterocycles. The van der Waals surface area contributed by atoms with E-state index in [2.05, 4.69) is 39.2 Å². The highest BCUT2D eigenvalue weighted by atomic mass is 16.5. The molecule has 7 nitrogen and oxygen atoms in total. The van der Waals surface area contributed by atoms with Crippen LogP contribution in [0.4, 0.5) is 0 Å². The Hall–Kier alpha value is -1.05. The van der Waals surface area contributed by atoms with Crippen molar-refractivity contribution in [3.8, 4) is 0 Å². The quantitative estimate of drug-likeness (QED) is 0.779. The van der Waals surface area contributed by atoms with E-state index in [1.54, 1.807) is 0 Å². The van der Waals surface area contributed by atoms with Crippen molar-refractivity contribution in [3.05, 3.63) is 5.82 Å². The Balaban J connectivity index is 1.67. The van der Waals surface area contributed by atoms with Gasteiger partial charge < -0.3 is 9.64 Å². The maximum atomic E-state index is 5.73. The predicted octanol–water partition coefficient (Wildman–Crippen LogP) is 0.941. The van der Waals surface area contributed by atoms with Gasteiger partial charge in [0.2, 0.25) is 0 Å². The minimum atomic E-state index is 0.275. The number of nitrogens with zero attached hydrogens (tertiary/aromatic N) is 6. The molecule has 0 amide bonds. The van der Waals surface area contributed by atoms with Gasteiger partial charge in [0, 0.05) is 32.8 Å². The number of aromatic nitrogens is 4. The van der Waals surface area contributed by atoms with Crippen LogP contribution in [0.25, 0.3) is 0 Å². The third kappa shape index (κ3) is 3.47. The van der Waals surface area contributed by atoms with E-state index in [0.717, 1.165) is 71.0 Å². The number of piperazine rings is 1. The first kappa shape index (κ1) is 15.8. The van der Waals surface area contributed by atoms with Crippen LogP contribution in [0.15, 0.2) is 0 Å². The molecule has 1 aromatic rings. The highest BCUT2D eigenvalue weighted by molar-refractivity contribution is 4.95. The van der Waals surface area contributed by atoms with Crippen LogP contribution in [0.5, 0.6) is 0 Å². The molecule has 0 N–H and O–H groups in total. The van der Waals surface area contributed by atoms with Crippen LogP contribution < -0.4 is 0 Å². The van der Waals surface area contributed by atoms with Gasteiger partial charge in [0.25, 0.3) is 0 Å². The molecule has 3 rings (SSSR count). The third-order valence-electron chi connectivity index (χ3n) is 4.94. The molecule has 0 aliphatic carbocycles. The lowest BCUT2D eigenvalue weighted by atomic mass is 10.1. The number of hydrogen-bond donors (Lipinski definition) is 0. The lowest BCUT2D eigenvalue weighted by Gasteiger charge is -2.38. The summed E-state index contributed by atoms with van der Waals surface area (Å²) < 4.78 is 7.70. The Morgan fingerprint density at radius 1 is 1.23 bits per heavy atom. The van der Waals surface area contributed by atoms with E-state index in [1.807, 2.05) is 4.68 Å². The minimum Gasteiger partial charge on any atom is -0.376 e. The fourth-order valence-corrected chi connectivity index (χ4v) is 3.56. The average Bonchev–Trinajstić information content (AvgIpc) is 3.22. The summed E-state index contributed by atoms with van der Waals surface area (Å²) in [5.41, 5.74) is 0. The van der Waals surface area contributed by atoms with E-state index in [9.17, 15) is 0 Å². The average molecular weight is 308 g/mol. The van der Waals surface area contributed by atoms with Crippen molar-refractivity contribution in [2.75, 3.05) is 39.3 Å². The molecule has 0 spiro atoms.